The predicted octanol–water partition coefficient (Wildman–Crippen LogP) is -0.919. The molecule has 0 radical (unpaired) electrons. The second-order valence-electron chi connectivity index (χ2n) is 1.79. The summed E-state index contributed by atoms with van der Waals surface area (Å²) in [6.07, 6.45) is 1.80. The van der Waals surface area contributed by atoms with Crippen LogP contribution in [0.1, 0.15) is 0 Å². The Morgan fingerprint density at radius 2 is 2.44 bits per heavy atom. The third kappa shape index (κ3) is 1.58. The Morgan fingerprint density at radius 3 is 2.89 bits per heavy atom. The second kappa shape index (κ2) is 3.05. The number of methoxy groups -OCH3 is 1. The molecule has 3 heteroatoms. The summed E-state index contributed by atoms with van der Waals surface area (Å²) in [5.41, 5.74) is 0. The van der Waals surface area contributed by atoms with Crippen LogP contribution in [-0.4, -0.2) is 34.6 Å². The van der Waals surface area contributed by atoms with E-state index in [4.69, 9.17) is 4.74 Å². The molecule has 1 aromatic heterocycles. The Labute approximate surface area is 67.3 Å². The van der Waals surface area contributed by atoms with E-state index in [9.17, 15) is 0 Å². The Morgan fingerprint density at radius 1 is 1.67 bits per heavy atom. The van der Waals surface area contributed by atoms with Crippen LogP contribution in [0.5, 0.6) is 5.75 Å². The van der Waals surface area contributed by atoms with Gasteiger partial charge in [0.05, 0.1) is 0 Å². The molecular weight excluding hydrogens is 221 g/mol. The van der Waals surface area contributed by atoms with E-state index in [0.717, 1.165) is 9.46 Å². The zero-order valence-corrected chi connectivity index (χ0v) is 11.3. The molecule has 0 saturated heterocycles. The van der Waals surface area contributed by atoms with Crippen LogP contribution in [0.15, 0.2) is 18.3 Å². The Balaban J connectivity index is 3.01. The second-order valence-corrected chi connectivity index (χ2v) is 4.49. The minimum absolute atomic E-state index is 0.454. The van der Waals surface area contributed by atoms with E-state index in [-0.39, 0.29) is 0 Å². The van der Waals surface area contributed by atoms with Crippen molar-refractivity contribution in [3.63, 3.8) is 0 Å². The van der Waals surface area contributed by atoms with Crippen molar-refractivity contribution in [2.75, 3.05) is 7.11 Å². The van der Waals surface area contributed by atoms with Gasteiger partial charge in [0.2, 0.25) is 0 Å². The minimum atomic E-state index is 0.454. The van der Waals surface area contributed by atoms with E-state index in [0.29, 0.717) is 22.5 Å². The molecule has 0 amide bonds. The fraction of sp³-hybridized carbons (Fsp3) is 0.167. The van der Waals surface area contributed by atoms with E-state index >= 15 is 0 Å². The van der Waals surface area contributed by atoms with Crippen LogP contribution in [0.2, 0.25) is 0 Å². The van der Waals surface area contributed by atoms with Crippen LogP contribution < -0.4 is 8.45 Å². The van der Waals surface area contributed by atoms with Crippen molar-refractivity contribution in [3.8, 4) is 5.75 Å². The molecule has 0 spiro atoms. The maximum absolute atomic E-state index is 5.03. The van der Waals surface area contributed by atoms with Crippen molar-refractivity contribution >= 4 is 26.2 Å². The van der Waals surface area contributed by atoms with Crippen LogP contribution in [0.25, 0.3) is 0 Å². The van der Waals surface area contributed by atoms with Crippen LogP contribution in [0, 0.1) is 0 Å². The molecule has 0 N–H and O–H groups in total. The van der Waals surface area contributed by atoms with Crippen LogP contribution in [-0.2, 0) is 0 Å². The van der Waals surface area contributed by atoms with Crippen molar-refractivity contribution in [1.82, 2.24) is 4.98 Å². The van der Waals surface area contributed by atoms with Crippen molar-refractivity contribution in [1.29, 1.82) is 0 Å². The Kier molecular flexibility index (Phi) is 2.33. The standard InChI is InChI=1S/C6H6NO.Sn.3H/c1-8-6-3-2-4-7-5-6;;;;/h2-4H,1H3;;;;. The monoisotopic (exact) mass is 231 g/mol. The maximum atomic E-state index is 5.03. The van der Waals surface area contributed by atoms with E-state index in [1.165, 1.54) is 0 Å². The first-order valence-electron chi connectivity index (χ1n) is 2.80. The molecule has 0 aliphatic carbocycles. The van der Waals surface area contributed by atoms with Crippen molar-refractivity contribution < 1.29 is 4.74 Å². The quantitative estimate of drug-likeness (QED) is 0.582. The van der Waals surface area contributed by atoms with Gasteiger partial charge in [0, 0.05) is 0 Å². The van der Waals surface area contributed by atoms with Crippen LogP contribution >= 0.6 is 0 Å². The molecule has 0 aliphatic heterocycles. The van der Waals surface area contributed by atoms with Gasteiger partial charge >= 0.3 is 67.1 Å². The number of rotatable bonds is 1. The van der Waals surface area contributed by atoms with Crippen LogP contribution in [0.3, 0.4) is 0 Å². The van der Waals surface area contributed by atoms with Crippen molar-refractivity contribution in [2.45, 2.75) is 0 Å². The van der Waals surface area contributed by atoms with Gasteiger partial charge in [0.25, 0.3) is 0 Å². The first-order valence-corrected chi connectivity index (χ1v) is 5.65. The van der Waals surface area contributed by atoms with Gasteiger partial charge < -0.3 is 0 Å². The Bertz CT molecular complexity index is 202. The van der Waals surface area contributed by atoms with E-state index in [1.54, 1.807) is 13.3 Å². The third-order valence-corrected chi connectivity index (χ3v) is 3.32. The van der Waals surface area contributed by atoms with Crippen molar-refractivity contribution in [3.05, 3.63) is 18.3 Å². The van der Waals surface area contributed by atoms with Crippen molar-refractivity contribution in [2.24, 2.45) is 0 Å². The average molecular weight is 230 g/mol. The molecule has 1 heterocycles. The molecule has 0 bridgehead atoms. The number of hydrogen-bond acceptors (Lipinski definition) is 2. The van der Waals surface area contributed by atoms with Gasteiger partial charge in [-0.3, -0.25) is 0 Å². The van der Waals surface area contributed by atoms with E-state index in [1.807, 2.05) is 12.1 Å². The summed E-state index contributed by atoms with van der Waals surface area (Å²) in [5, 5.41) is 0. The van der Waals surface area contributed by atoms with Gasteiger partial charge in [-0.2, -0.15) is 0 Å². The predicted molar refractivity (Wildman–Crippen MR) is 40.4 cm³/mol. The topological polar surface area (TPSA) is 22.1 Å². The van der Waals surface area contributed by atoms with E-state index in [2.05, 4.69) is 4.98 Å². The molecule has 0 unspecified atom stereocenters. The zero-order chi connectivity index (χ0) is 6.69. The number of ether oxygens (including phenoxy) is 1. The molecule has 2 nitrogen and oxygen atoms in total. The summed E-state index contributed by atoms with van der Waals surface area (Å²) in [4.78, 5) is 4.12. The fourth-order valence-electron chi connectivity index (χ4n) is 0.685. The van der Waals surface area contributed by atoms with E-state index < -0.39 is 0 Å². The van der Waals surface area contributed by atoms with Gasteiger partial charge in [0.15, 0.2) is 0 Å². The molecule has 48 valence electrons. The van der Waals surface area contributed by atoms with Crippen LogP contribution in [0.4, 0.5) is 0 Å². The molecule has 9 heavy (non-hydrogen) atoms. The molecule has 0 fully saturated rings. The summed E-state index contributed by atoms with van der Waals surface area (Å²) in [6, 6.07) is 3.83. The van der Waals surface area contributed by atoms with Gasteiger partial charge in [0.1, 0.15) is 0 Å². The van der Waals surface area contributed by atoms with Gasteiger partial charge in [-0.1, -0.05) is 0 Å². The fourth-order valence-corrected chi connectivity index (χ4v) is 2.17. The molecule has 0 aromatic carbocycles. The molecular formula is C6H9NOSn. The molecule has 1 aromatic rings. The first kappa shape index (κ1) is 6.86. The third-order valence-electron chi connectivity index (χ3n) is 1.18. The first-order chi connectivity index (χ1) is 4.34. The summed E-state index contributed by atoms with van der Waals surface area (Å²) < 4.78 is 6.18. The molecule has 0 saturated carbocycles. The van der Waals surface area contributed by atoms with Gasteiger partial charge in [-0.15, -0.1) is 0 Å². The normalized spacial score (nSPS) is 9.44. The average Bonchev–Trinajstić information content (AvgIpc) is 1.89. The molecule has 1 rings (SSSR count). The number of pyridine rings is 1. The SMILES string of the molecule is COc1cccn[c]1[SnH3]. The number of nitrogens with zero attached hydrogens (tertiary/aromatic N) is 1. The zero-order valence-electron chi connectivity index (χ0n) is 5.59. The van der Waals surface area contributed by atoms with Gasteiger partial charge in [-0.25, -0.2) is 0 Å². The molecule has 0 aliphatic rings. The number of hydrogen-bond donors (Lipinski definition) is 0. The Hall–Kier alpha value is -0.251. The van der Waals surface area contributed by atoms with Gasteiger partial charge in [-0.05, 0) is 0 Å². The summed E-state index contributed by atoms with van der Waals surface area (Å²) in [6.45, 7) is 0. The summed E-state index contributed by atoms with van der Waals surface area (Å²) in [7, 11) is 1.68. The molecule has 0 atom stereocenters. The summed E-state index contributed by atoms with van der Waals surface area (Å²) in [5.74, 6) is 0.938. The summed E-state index contributed by atoms with van der Waals surface area (Å²) >= 11 is 0.454. The number of aromatic nitrogens is 1.